The van der Waals surface area contributed by atoms with Crippen LogP contribution in [0.1, 0.15) is 17.3 Å². The third-order valence-corrected chi connectivity index (χ3v) is 5.77. The number of para-hydroxylation sites is 1. The number of aromatic nitrogens is 5. The number of hydrogen-bond donors (Lipinski definition) is 1. The minimum atomic E-state index is -0.307. The van der Waals surface area contributed by atoms with Crippen LogP contribution < -0.4 is 10.9 Å². The molecule has 0 spiro atoms. The first-order chi connectivity index (χ1) is 15.9. The van der Waals surface area contributed by atoms with Crippen molar-refractivity contribution in [3.05, 3.63) is 81.4 Å². The SMILES string of the molecule is Cc1noc(Cn2cnc3c4ccccc4n(CC(=O)Nc4ccc(C)c(Cl)c4)c3c2=O)n1. The molecule has 3 heterocycles. The second-order valence-corrected chi connectivity index (χ2v) is 8.13. The maximum atomic E-state index is 13.4. The van der Waals surface area contributed by atoms with E-state index >= 15 is 0 Å². The number of benzene rings is 2. The van der Waals surface area contributed by atoms with Crippen molar-refractivity contribution in [2.75, 3.05) is 5.32 Å². The van der Waals surface area contributed by atoms with E-state index in [0.29, 0.717) is 33.5 Å². The van der Waals surface area contributed by atoms with Crippen molar-refractivity contribution in [2.45, 2.75) is 26.9 Å². The standard InChI is InChI=1S/C23H19ClN6O3/c1-13-7-8-15(9-17(13)24)27-19(31)10-30-18-6-4-3-5-16(18)21-22(30)23(32)29(12-25-21)11-20-26-14(2)28-33-20/h3-9,12H,10-11H2,1-2H3,(H,27,31). The van der Waals surface area contributed by atoms with Crippen LogP contribution in [0.4, 0.5) is 5.69 Å². The summed E-state index contributed by atoms with van der Waals surface area (Å²) in [5, 5.41) is 7.96. The fourth-order valence-corrected chi connectivity index (χ4v) is 3.97. The van der Waals surface area contributed by atoms with Gasteiger partial charge in [0, 0.05) is 16.1 Å². The van der Waals surface area contributed by atoms with Crippen LogP contribution >= 0.6 is 11.6 Å². The Labute approximate surface area is 192 Å². The Kier molecular flexibility index (Phi) is 5.18. The minimum absolute atomic E-state index is 0.0733. The summed E-state index contributed by atoms with van der Waals surface area (Å²) >= 11 is 6.18. The highest BCUT2D eigenvalue weighted by molar-refractivity contribution is 6.31. The van der Waals surface area contributed by atoms with Crippen LogP contribution in [0.25, 0.3) is 21.9 Å². The van der Waals surface area contributed by atoms with Crippen LogP contribution in [0.3, 0.4) is 0 Å². The van der Waals surface area contributed by atoms with E-state index in [9.17, 15) is 9.59 Å². The van der Waals surface area contributed by atoms with Crippen LogP contribution in [0.5, 0.6) is 0 Å². The number of amides is 1. The molecule has 3 aromatic heterocycles. The average molecular weight is 463 g/mol. The minimum Gasteiger partial charge on any atom is -0.337 e. The maximum absolute atomic E-state index is 13.4. The lowest BCUT2D eigenvalue weighted by atomic mass is 10.2. The van der Waals surface area contributed by atoms with E-state index in [1.165, 1.54) is 10.9 Å². The fraction of sp³-hybridized carbons (Fsp3) is 0.174. The van der Waals surface area contributed by atoms with Crippen molar-refractivity contribution in [1.29, 1.82) is 0 Å². The van der Waals surface area contributed by atoms with Crippen LogP contribution in [-0.2, 0) is 17.9 Å². The summed E-state index contributed by atoms with van der Waals surface area (Å²) in [4.78, 5) is 35.0. The summed E-state index contributed by atoms with van der Waals surface area (Å²) in [7, 11) is 0. The van der Waals surface area contributed by atoms with E-state index in [1.807, 2.05) is 37.3 Å². The second-order valence-electron chi connectivity index (χ2n) is 7.73. The van der Waals surface area contributed by atoms with Gasteiger partial charge in [-0.05, 0) is 37.6 Å². The molecule has 0 atom stereocenters. The Balaban J connectivity index is 1.57. The molecular formula is C23H19ClN6O3. The topological polar surface area (TPSA) is 108 Å². The Morgan fingerprint density at radius 2 is 2.00 bits per heavy atom. The van der Waals surface area contributed by atoms with Crippen molar-refractivity contribution in [3.8, 4) is 0 Å². The molecule has 0 radical (unpaired) electrons. The highest BCUT2D eigenvalue weighted by Gasteiger charge is 2.19. The number of anilines is 1. The van der Waals surface area contributed by atoms with Crippen molar-refractivity contribution in [3.63, 3.8) is 0 Å². The average Bonchev–Trinajstić information content (AvgIpc) is 3.34. The number of hydrogen-bond acceptors (Lipinski definition) is 6. The molecule has 2 aromatic carbocycles. The Hall–Kier alpha value is -3.98. The second kappa shape index (κ2) is 8.18. The lowest BCUT2D eigenvalue weighted by molar-refractivity contribution is -0.116. The molecule has 0 saturated heterocycles. The molecule has 0 saturated carbocycles. The molecule has 5 rings (SSSR count). The van der Waals surface area contributed by atoms with E-state index in [-0.39, 0.29) is 24.6 Å². The lowest BCUT2D eigenvalue weighted by Gasteiger charge is -2.10. The van der Waals surface area contributed by atoms with Gasteiger partial charge in [0.1, 0.15) is 24.1 Å². The van der Waals surface area contributed by atoms with Crippen molar-refractivity contribution in [1.82, 2.24) is 24.3 Å². The molecule has 5 aromatic rings. The van der Waals surface area contributed by atoms with E-state index < -0.39 is 0 Å². The Morgan fingerprint density at radius 1 is 1.18 bits per heavy atom. The quantitative estimate of drug-likeness (QED) is 0.426. The Bertz CT molecular complexity index is 1580. The molecular weight excluding hydrogens is 444 g/mol. The van der Waals surface area contributed by atoms with Gasteiger partial charge in [0.2, 0.25) is 11.8 Å². The number of aryl methyl sites for hydroxylation is 2. The number of carbonyl (C=O) groups is 1. The van der Waals surface area contributed by atoms with Gasteiger partial charge in [0.25, 0.3) is 5.56 Å². The third kappa shape index (κ3) is 3.87. The van der Waals surface area contributed by atoms with Crippen LogP contribution in [0.2, 0.25) is 5.02 Å². The van der Waals surface area contributed by atoms with E-state index in [0.717, 1.165) is 16.5 Å². The number of nitrogens with zero attached hydrogens (tertiary/aromatic N) is 5. The molecule has 1 amide bonds. The van der Waals surface area contributed by atoms with Gasteiger partial charge in [0.15, 0.2) is 5.82 Å². The highest BCUT2D eigenvalue weighted by Crippen LogP contribution is 2.26. The molecule has 0 aliphatic rings. The fourth-order valence-electron chi connectivity index (χ4n) is 3.79. The third-order valence-electron chi connectivity index (χ3n) is 5.37. The molecule has 10 heteroatoms. The van der Waals surface area contributed by atoms with Crippen molar-refractivity contribution < 1.29 is 9.32 Å². The molecule has 33 heavy (non-hydrogen) atoms. The van der Waals surface area contributed by atoms with Gasteiger partial charge in [-0.3, -0.25) is 14.2 Å². The molecule has 0 unspecified atom stereocenters. The van der Waals surface area contributed by atoms with E-state index in [2.05, 4.69) is 20.4 Å². The highest BCUT2D eigenvalue weighted by atomic mass is 35.5. The number of halogens is 1. The number of rotatable bonds is 5. The van der Waals surface area contributed by atoms with Crippen molar-refractivity contribution in [2.24, 2.45) is 0 Å². The number of carbonyl (C=O) groups excluding carboxylic acids is 1. The largest absolute Gasteiger partial charge is 0.337 e. The van der Waals surface area contributed by atoms with Crippen LogP contribution in [0, 0.1) is 13.8 Å². The zero-order valence-electron chi connectivity index (χ0n) is 17.9. The molecule has 1 N–H and O–H groups in total. The normalized spacial score (nSPS) is 11.4. The van der Waals surface area contributed by atoms with Crippen LogP contribution in [0.15, 0.2) is 58.1 Å². The van der Waals surface area contributed by atoms with Gasteiger partial charge in [-0.1, -0.05) is 41.0 Å². The number of fused-ring (bicyclic) bond motifs is 3. The van der Waals surface area contributed by atoms with Crippen LogP contribution in [-0.4, -0.2) is 30.2 Å². The van der Waals surface area contributed by atoms with Gasteiger partial charge in [-0.2, -0.15) is 4.98 Å². The lowest BCUT2D eigenvalue weighted by Crippen LogP contribution is -2.25. The molecule has 0 aliphatic carbocycles. The van der Waals surface area contributed by atoms with E-state index in [4.69, 9.17) is 16.1 Å². The first-order valence-electron chi connectivity index (χ1n) is 10.2. The van der Waals surface area contributed by atoms with Gasteiger partial charge in [-0.25, -0.2) is 4.98 Å². The summed E-state index contributed by atoms with van der Waals surface area (Å²) in [6, 6.07) is 12.8. The van der Waals surface area contributed by atoms with Crippen molar-refractivity contribution >= 4 is 45.1 Å². The molecule has 166 valence electrons. The summed E-state index contributed by atoms with van der Waals surface area (Å²) < 4.78 is 8.22. The maximum Gasteiger partial charge on any atom is 0.278 e. The zero-order chi connectivity index (χ0) is 23.1. The summed E-state index contributed by atoms with van der Waals surface area (Å²) in [6.07, 6.45) is 1.45. The van der Waals surface area contributed by atoms with Gasteiger partial charge >= 0.3 is 0 Å². The zero-order valence-corrected chi connectivity index (χ0v) is 18.6. The predicted octanol–water partition coefficient (Wildman–Crippen LogP) is 3.69. The Morgan fingerprint density at radius 3 is 2.76 bits per heavy atom. The summed E-state index contributed by atoms with van der Waals surface area (Å²) in [6.45, 7) is 3.60. The van der Waals surface area contributed by atoms with E-state index in [1.54, 1.807) is 23.6 Å². The van der Waals surface area contributed by atoms with Gasteiger partial charge < -0.3 is 14.4 Å². The molecule has 0 fully saturated rings. The monoisotopic (exact) mass is 462 g/mol. The summed E-state index contributed by atoms with van der Waals surface area (Å²) in [5.41, 5.74) is 2.78. The molecule has 0 aliphatic heterocycles. The molecule has 9 nitrogen and oxygen atoms in total. The molecule has 0 bridgehead atoms. The first kappa shape index (κ1) is 20.9. The summed E-state index contributed by atoms with van der Waals surface area (Å²) in [5.74, 6) is 0.487. The first-order valence-corrected chi connectivity index (χ1v) is 10.6. The van der Waals surface area contributed by atoms with Gasteiger partial charge in [-0.15, -0.1) is 0 Å². The smallest absolute Gasteiger partial charge is 0.278 e. The van der Waals surface area contributed by atoms with Gasteiger partial charge in [0.05, 0.1) is 11.8 Å². The predicted molar refractivity (Wildman–Crippen MR) is 124 cm³/mol. The number of nitrogens with one attached hydrogen (secondary N) is 1.